The Morgan fingerprint density at radius 3 is 2.65 bits per heavy atom. The predicted molar refractivity (Wildman–Crippen MR) is 126 cm³/mol. The van der Waals surface area contributed by atoms with Crippen LogP contribution >= 0.6 is 10.2 Å². The minimum absolute atomic E-state index is 0.347. The van der Waals surface area contributed by atoms with Gasteiger partial charge in [-0.25, -0.2) is 14.6 Å². The number of aromatic nitrogens is 4. The van der Waals surface area contributed by atoms with E-state index in [0.29, 0.717) is 12.0 Å². The van der Waals surface area contributed by atoms with Gasteiger partial charge in [0.2, 0.25) is 0 Å². The molecule has 6 rings (SSSR count). The molecule has 3 aromatic rings. The summed E-state index contributed by atoms with van der Waals surface area (Å²) >= 11 is 0. The molecule has 0 saturated carbocycles. The number of piperidine rings is 1. The second kappa shape index (κ2) is 7.18. The molecule has 5 heterocycles. The summed E-state index contributed by atoms with van der Waals surface area (Å²) in [6.45, 7) is 7.33. The molecule has 1 aromatic carbocycles. The van der Waals surface area contributed by atoms with Crippen molar-refractivity contribution in [1.29, 1.82) is 0 Å². The minimum atomic E-state index is -0.948. The Balaban J connectivity index is 1.43. The standard InChI is InChI=1S/C23H30N6OS/c1-15-8-18-11-25-29(21(18)9-20(15)17-4-6-24-7-5-17)23-10-22(26-16(2)27-23)28-12-19-13-31(28,3)14-30-19/h8-11,17,19,24H,4-7,12-14H2,1-3H3/t19-/m1/s1. The number of hydrogen-bond acceptors (Lipinski definition) is 6. The van der Waals surface area contributed by atoms with Crippen LogP contribution < -0.4 is 9.62 Å². The zero-order valence-corrected chi connectivity index (χ0v) is 19.3. The van der Waals surface area contributed by atoms with Gasteiger partial charge in [-0.05, 0) is 75.2 Å². The Morgan fingerprint density at radius 1 is 1.10 bits per heavy atom. The highest BCUT2D eigenvalue weighted by Gasteiger charge is 2.45. The number of rotatable bonds is 3. The summed E-state index contributed by atoms with van der Waals surface area (Å²) in [5, 5.41) is 9.39. The fourth-order valence-corrected chi connectivity index (χ4v) is 8.38. The van der Waals surface area contributed by atoms with E-state index in [9.17, 15) is 0 Å². The highest BCUT2D eigenvalue weighted by atomic mass is 32.3. The van der Waals surface area contributed by atoms with Crippen LogP contribution in [0.2, 0.25) is 0 Å². The zero-order valence-electron chi connectivity index (χ0n) is 18.5. The normalized spacial score (nSPS) is 28.4. The number of hydrogen-bond donors (Lipinski definition) is 1. The van der Waals surface area contributed by atoms with Crippen LogP contribution in [0.1, 0.15) is 35.7 Å². The lowest BCUT2D eigenvalue weighted by Crippen LogP contribution is -2.32. The number of aryl methyl sites for hydroxylation is 2. The van der Waals surface area contributed by atoms with E-state index in [1.165, 1.54) is 29.4 Å². The summed E-state index contributed by atoms with van der Waals surface area (Å²) in [6, 6.07) is 6.75. The molecule has 0 spiro atoms. The van der Waals surface area contributed by atoms with Gasteiger partial charge in [-0.1, -0.05) is 0 Å². The number of fused-ring (bicyclic) bond motifs is 3. The number of benzene rings is 1. The van der Waals surface area contributed by atoms with Crippen LogP contribution in [0.5, 0.6) is 0 Å². The summed E-state index contributed by atoms with van der Waals surface area (Å²) in [6.07, 6.45) is 7.05. The largest absolute Gasteiger partial charge is 0.365 e. The SMILES string of the molecule is Cc1nc(N2C[C@@H]3CS2(C)CO3)cc(-n2ncc3cc(C)c(C4CCNCC4)cc32)n1. The van der Waals surface area contributed by atoms with Crippen LogP contribution in [-0.2, 0) is 4.74 Å². The molecule has 0 amide bonds. The van der Waals surface area contributed by atoms with Crippen molar-refractivity contribution in [3.8, 4) is 5.82 Å². The Labute approximate surface area is 184 Å². The lowest BCUT2D eigenvalue weighted by Gasteiger charge is -2.40. The first-order chi connectivity index (χ1) is 15.0. The molecule has 164 valence electrons. The van der Waals surface area contributed by atoms with E-state index in [0.717, 1.165) is 54.3 Å². The van der Waals surface area contributed by atoms with Crippen molar-refractivity contribution in [2.45, 2.75) is 38.7 Å². The fourth-order valence-electron chi connectivity index (χ4n) is 5.41. The first-order valence-electron chi connectivity index (χ1n) is 11.2. The molecule has 3 aliphatic heterocycles. The summed E-state index contributed by atoms with van der Waals surface area (Å²) in [4.78, 5) is 9.58. The zero-order chi connectivity index (χ0) is 21.2. The van der Waals surface area contributed by atoms with E-state index in [4.69, 9.17) is 19.8 Å². The molecule has 1 unspecified atom stereocenters. The van der Waals surface area contributed by atoms with Crippen molar-refractivity contribution in [2.75, 3.05) is 41.9 Å². The van der Waals surface area contributed by atoms with E-state index >= 15 is 0 Å². The van der Waals surface area contributed by atoms with E-state index in [-0.39, 0.29) is 0 Å². The van der Waals surface area contributed by atoms with Gasteiger partial charge in [-0.15, -0.1) is 10.2 Å². The van der Waals surface area contributed by atoms with Crippen LogP contribution in [0.25, 0.3) is 16.7 Å². The molecule has 0 radical (unpaired) electrons. The topological polar surface area (TPSA) is 68.1 Å². The van der Waals surface area contributed by atoms with Gasteiger partial charge in [0.05, 0.1) is 30.3 Å². The predicted octanol–water partition coefficient (Wildman–Crippen LogP) is 3.43. The van der Waals surface area contributed by atoms with Crippen LogP contribution in [0.3, 0.4) is 0 Å². The first-order valence-corrected chi connectivity index (χ1v) is 13.5. The van der Waals surface area contributed by atoms with Crippen molar-refractivity contribution in [3.05, 3.63) is 41.3 Å². The van der Waals surface area contributed by atoms with Crippen molar-refractivity contribution >= 4 is 26.9 Å². The Bertz CT molecular complexity index is 1160. The van der Waals surface area contributed by atoms with E-state index in [1.54, 1.807) is 0 Å². The van der Waals surface area contributed by atoms with Crippen LogP contribution in [-0.4, -0.2) is 63.4 Å². The van der Waals surface area contributed by atoms with Gasteiger partial charge in [0, 0.05) is 17.2 Å². The van der Waals surface area contributed by atoms with Crippen molar-refractivity contribution < 1.29 is 4.74 Å². The molecule has 3 aliphatic rings. The average Bonchev–Trinajstić information content (AvgIpc) is 3.44. The monoisotopic (exact) mass is 438 g/mol. The van der Waals surface area contributed by atoms with Crippen LogP contribution in [0, 0.1) is 13.8 Å². The molecule has 0 aliphatic carbocycles. The van der Waals surface area contributed by atoms with Crippen molar-refractivity contribution in [3.63, 3.8) is 0 Å². The highest BCUT2D eigenvalue weighted by Crippen LogP contribution is 2.59. The smallest absolute Gasteiger partial charge is 0.159 e. The maximum atomic E-state index is 5.91. The third-order valence-corrected chi connectivity index (χ3v) is 10.2. The second-order valence-corrected chi connectivity index (χ2v) is 12.8. The molecular weight excluding hydrogens is 408 g/mol. The van der Waals surface area contributed by atoms with Gasteiger partial charge < -0.3 is 14.4 Å². The maximum absolute atomic E-state index is 5.91. The Hall–Kier alpha value is -2.16. The highest BCUT2D eigenvalue weighted by molar-refractivity contribution is 8.34. The lowest BCUT2D eigenvalue weighted by atomic mass is 9.87. The quantitative estimate of drug-likeness (QED) is 0.676. The maximum Gasteiger partial charge on any atom is 0.159 e. The molecule has 2 bridgehead atoms. The van der Waals surface area contributed by atoms with Crippen molar-refractivity contribution in [2.24, 2.45) is 0 Å². The molecular formula is C23H30N6OS. The molecule has 1 N–H and O–H groups in total. The van der Waals surface area contributed by atoms with Gasteiger partial charge in [0.15, 0.2) is 5.82 Å². The summed E-state index contributed by atoms with van der Waals surface area (Å²) in [5.41, 5.74) is 3.95. The molecule has 2 aromatic heterocycles. The van der Waals surface area contributed by atoms with E-state index < -0.39 is 10.2 Å². The molecule has 31 heavy (non-hydrogen) atoms. The molecule has 3 fully saturated rings. The third kappa shape index (κ3) is 3.23. The number of nitrogens with one attached hydrogen (secondary N) is 1. The van der Waals surface area contributed by atoms with Crippen LogP contribution in [0.4, 0.5) is 5.82 Å². The Kier molecular flexibility index (Phi) is 4.52. The number of anilines is 1. The third-order valence-electron chi connectivity index (χ3n) is 7.02. The summed E-state index contributed by atoms with van der Waals surface area (Å²) in [7, 11) is -0.948. The molecule has 8 heteroatoms. The molecule has 3 saturated heterocycles. The van der Waals surface area contributed by atoms with E-state index in [1.807, 2.05) is 17.8 Å². The lowest BCUT2D eigenvalue weighted by molar-refractivity contribution is 0.127. The second-order valence-electron chi connectivity index (χ2n) is 9.34. The van der Waals surface area contributed by atoms with Gasteiger partial charge in [-0.3, -0.25) is 0 Å². The average molecular weight is 439 g/mol. The summed E-state index contributed by atoms with van der Waals surface area (Å²) < 4.78 is 10.4. The van der Waals surface area contributed by atoms with Gasteiger partial charge in [-0.2, -0.15) is 5.10 Å². The van der Waals surface area contributed by atoms with E-state index in [2.05, 4.69) is 41.0 Å². The Morgan fingerprint density at radius 2 is 1.90 bits per heavy atom. The van der Waals surface area contributed by atoms with Gasteiger partial charge in [0.1, 0.15) is 11.6 Å². The summed E-state index contributed by atoms with van der Waals surface area (Å²) in [5.74, 6) is 5.26. The first kappa shape index (κ1) is 19.5. The van der Waals surface area contributed by atoms with Crippen LogP contribution in [0.15, 0.2) is 24.4 Å². The minimum Gasteiger partial charge on any atom is -0.365 e. The van der Waals surface area contributed by atoms with Gasteiger partial charge in [0.25, 0.3) is 0 Å². The fraction of sp³-hybridized carbons (Fsp3) is 0.522. The number of nitrogens with zero attached hydrogens (tertiary/aromatic N) is 5. The number of ether oxygens (including phenoxy) is 1. The molecule has 7 nitrogen and oxygen atoms in total. The van der Waals surface area contributed by atoms with Crippen molar-refractivity contribution in [1.82, 2.24) is 25.1 Å². The molecule has 2 atom stereocenters. The van der Waals surface area contributed by atoms with Gasteiger partial charge >= 0.3 is 0 Å².